The lowest BCUT2D eigenvalue weighted by Crippen LogP contribution is -2.48. The molecule has 2 aliphatic heterocycles. The molecule has 0 aromatic heterocycles. The molecular formula is C54H50Cl2N8O3. The van der Waals surface area contributed by atoms with Gasteiger partial charge in [-0.2, -0.15) is 10.5 Å². The van der Waals surface area contributed by atoms with E-state index in [9.17, 15) is 20.4 Å². The molecule has 11 nitrogen and oxygen atoms in total. The number of carbonyl (C=O) groups excluding carboxylic acids is 1. The molecular weight excluding hydrogens is 880 g/mol. The maximum absolute atomic E-state index is 10.1. The highest BCUT2D eigenvalue weighted by Crippen LogP contribution is 2.35. The topological polar surface area (TPSA) is 136 Å². The van der Waals surface area contributed by atoms with E-state index >= 15 is 0 Å². The van der Waals surface area contributed by atoms with Crippen molar-refractivity contribution in [3.05, 3.63) is 211 Å². The number of carbonyl (C=O) groups is 1. The predicted octanol–water partition coefficient (Wildman–Crippen LogP) is 10.3. The first-order valence-corrected chi connectivity index (χ1v) is 22.6. The molecule has 2 heterocycles. The quantitative estimate of drug-likeness (QED) is 0.0857. The summed E-state index contributed by atoms with van der Waals surface area (Å²) in [6.07, 6.45) is 1.86. The van der Waals surface area contributed by atoms with Crippen LogP contribution in [0.25, 0.3) is 9.69 Å². The number of nitrogens with one attached hydrogen (secondary N) is 1. The Morgan fingerprint density at radius 1 is 0.642 bits per heavy atom. The molecule has 6 aromatic carbocycles. The van der Waals surface area contributed by atoms with Crippen molar-refractivity contribution in [2.24, 2.45) is 0 Å². The van der Waals surface area contributed by atoms with Crippen LogP contribution in [0, 0.1) is 35.8 Å². The van der Waals surface area contributed by atoms with E-state index in [1.807, 2.05) is 97.1 Å². The molecule has 0 bridgehead atoms. The lowest BCUT2D eigenvalue weighted by atomic mass is 9.98. The number of aldehydes is 1. The Bertz CT molecular complexity index is 2740. The van der Waals surface area contributed by atoms with E-state index < -0.39 is 0 Å². The Kier molecular flexibility index (Phi) is 18.5. The van der Waals surface area contributed by atoms with Gasteiger partial charge in [0.2, 0.25) is 0 Å². The first kappa shape index (κ1) is 49.4. The van der Waals surface area contributed by atoms with Crippen molar-refractivity contribution in [2.75, 3.05) is 62.3 Å². The minimum Gasteiger partial charge on any atom is -0.396 e. The Morgan fingerprint density at radius 3 is 1.60 bits per heavy atom. The molecule has 8 rings (SSSR count). The molecule has 0 unspecified atom stereocenters. The number of aliphatic hydroxyl groups excluding tert-OH is 2. The van der Waals surface area contributed by atoms with Gasteiger partial charge in [-0.05, 0) is 89.2 Å². The van der Waals surface area contributed by atoms with Crippen molar-refractivity contribution in [2.45, 2.75) is 31.5 Å². The summed E-state index contributed by atoms with van der Waals surface area (Å²) < 4.78 is 0. The fraction of sp³-hybridized carbons (Fsp3) is 0.241. The van der Waals surface area contributed by atoms with Gasteiger partial charge in [0.25, 0.3) is 0 Å². The van der Waals surface area contributed by atoms with Crippen LogP contribution < -0.4 is 15.1 Å². The van der Waals surface area contributed by atoms with E-state index in [2.05, 4.69) is 54.0 Å². The number of benzene rings is 6. The zero-order valence-corrected chi connectivity index (χ0v) is 38.4. The molecule has 13 heteroatoms. The number of halogens is 2. The molecule has 2 fully saturated rings. The van der Waals surface area contributed by atoms with E-state index in [4.69, 9.17) is 41.5 Å². The van der Waals surface area contributed by atoms with Crippen LogP contribution in [0.4, 0.5) is 22.7 Å². The molecule has 0 aliphatic carbocycles. The van der Waals surface area contributed by atoms with E-state index in [1.54, 1.807) is 24.3 Å². The third-order valence-corrected chi connectivity index (χ3v) is 12.1. The summed E-state index contributed by atoms with van der Waals surface area (Å²) in [5.41, 5.74) is 10.4. The van der Waals surface area contributed by atoms with Crippen LogP contribution in [-0.2, 0) is 19.4 Å². The average Bonchev–Trinajstić information content (AvgIpc) is 3.37. The number of hydrogen-bond acceptors (Lipinski definition) is 9. The van der Waals surface area contributed by atoms with E-state index in [-0.39, 0.29) is 25.3 Å². The smallest absolute Gasteiger partial charge is 0.187 e. The lowest BCUT2D eigenvalue weighted by Gasteiger charge is -2.43. The van der Waals surface area contributed by atoms with E-state index in [0.29, 0.717) is 45.9 Å². The maximum Gasteiger partial charge on any atom is 0.187 e. The molecule has 0 amide bonds. The summed E-state index contributed by atoms with van der Waals surface area (Å²) >= 11 is 12.2. The van der Waals surface area contributed by atoms with Crippen molar-refractivity contribution in [3.63, 3.8) is 0 Å². The van der Waals surface area contributed by atoms with Crippen molar-refractivity contribution >= 4 is 52.2 Å². The Hall–Kier alpha value is -7.03. The minimum atomic E-state index is 0.0627. The highest BCUT2D eigenvalue weighted by atomic mass is 35.5. The number of nitriles is 2. The van der Waals surface area contributed by atoms with Gasteiger partial charge in [0.05, 0.1) is 47.7 Å². The lowest BCUT2D eigenvalue weighted by molar-refractivity contribution is 0.112. The van der Waals surface area contributed by atoms with Crippen LogP contribution in [0.5, 0.6) is 0 Å². The molecule has 67 heavy (non-hydrogen) atoms. The summed E-state index contributed by atoms with van der Waals surface area (Å²) in [6, 6.07) is 46.7. The largest absolute Gasteiger partial charge is 0.396 e. The molecule has 2 atom stereocenters. The number of hydrogen-bond donors (Lipinski definition) is 3. The van der Waals surface area contributed by atoms with Gasteiger partial charge in [0.15, 0.2) is 11.4 Å². The molecule has 0 saturated carbocycles. The maximum atomic E-state index is 10.1. The highest BCUT2D eigenvalue weighted by Gasteiger charge is 2.30. The second-order valence-electron chi connectivity index (χ2n) is 15.9. The Labute approximate surface area is 402 Å². The Morgan fingerprint density at radius 2 is 1.12 bits per heavy atom. The molecule has 0 spiro atoms. The normalized spacial score (nSPS) is 15.5. The average molecular weight is 930 g/mol. The van der Waals surface area contributed by atoms with Crippen molar-refractivity contribution < 1.29 is 15.0 Å². The van der Waals surface area contributed by atoms with Gasteiger partial charge < -0.3 is 25.3 Å². The number of aliphatic hydroxyl groups is 2. The number of piperazine rings is 2. The minimum absolute atomic E-state index is 0.0627. The fourth-order valence-electron chi connectivity index (χ4n) is 8.19. The SMILES string of the molecule is N#Cc1cc(CCO)ccc1N1CCNC[C@H]1c1ccc(Cl)cc1.[C-]#[N+]c1ccc(C=O)cc1.[C-]#[N+]c1ccc(CN2CCN(c3ccc(CCO)cc3C#N)[C@H](c3ccc(Cl)cc3)C2)cc1. The van der Waals surface area contributed by atoms with Crippen LogP contribution in [0.3, 0.4) is 0 Å². The van der Waals surface area contributed by atoms with Gasteiger partial charge in [-0.1, -0.05) is 108 Å². The van der Waals surface area contributed by atoms with Crippen LogP contribution >= 0.6 is 23.2 Å². The summed E-state index contributed by atoms with van der Waals surface area (Å²) in [5, 5.41) is 42.6. The molecule has 338 valence electrons. The molecule has 2 saturated heterocycles. The van der Waals surface area contributed by atoms with Gasteiger partial charge in [0, 0.05) is 74.6 Å². The third-order valence-electron chi connectivity index (χ3n) is 11.6. The zero-order valence-electron chi connectivity index (χ0n) is 36.9. The van der Waals surface area contributed by atoms with Crippen molar-refractivity contribution in [1.82, 2.24) is 10.2 Å². The van der Waals surface area contributed by atoms with Crippen LogP contribution in [-0.4, -0.2) is 73.9 Å². The summed E-state index contributed by atoms with van der Waals surface area (Å²) in [4.78, 5) is 23.8. The Balaban J connectivity index is 0.000000189. The molecule has 2 aliphatic rings. The molecule has 0 radical (unpaired) electrons. The number of nitrogens with zero attached hydrogens (tertiary/aromatic N) is 7. The van der Waals surface area contributed by atoms with Gasteiger partial charge >= 0.3 is 0 Å². The number of anilines is 2. The fourth-order valence-corrected chi connectivity index (χ4v) is 8.45. The van der Waals surface area contributed by atoms with Gasteiger partial charge in [-0.25, -0.2) is 9.69 Å². The van der Waals surface area contributed by atoms with Crippen molar-refractivity contribution in [1.29, 1.82) is 10.5 Å². The van der Waals surface area contributed by atoms with Gasteiger partial charge in [0.1, 0.15) is 18.4 Å². The van der Waals surface area contributed by atoms with Crippen LogP contribution in [0.15, 0.2) is 133 Å². The third kappa shape index (κ3) is 13.5. The predicted molar refractivity (Wildman–Crippen MR) is 266 cm³/mol. The van der Waals surface area contributed by atoms with E-state index in [1.165, 1.54) is 11.1 Å². The monoisotopic (exact) mass is 928 g/mol. The summed E-state index contributed by atoms with van der Waals surface area (Å²) in [6.45, 7) is 19.7. The van der Waals surface area contributed by atoms with Crippen LogP contribution in [0.1, 0.15) is 61.4 Å². The highest BCUT2D eigenvalue weighted by molar-refractivity contribution is 6.30. The first-order valence-electron chi connectivity index (χ1n) is 21.8. The second kappa shape index (κ2) is 25.0. The first-order chi connectivity index (χ1) is 32.7. The van der Waals surface area contributed by atoms with Crippen LogP contribution in [0.2, 0.25) is 10.0 Å². The second-order valence-corrected chi connectivity index (χ2v) is 16.8. The summed E-state index contributed by atoms with van der Waals surface area (Å²) in [5.74, 6) is 0. The standard InChI is InChI=1S/C27H25ClN4O.C19H20ClN3O.C8H5NO/c1-30-25-9-2-21(3-10-25)18-31-13-14-32(27(19-31)22-5-7-24(28)8-6-22)26-11-4-20(12-15-33)16-23(26)17-29;20-17-4-2-15(3-5-17)19-13-22-8-9-23(19)18-6-1-14(7-10-24)11-16(18)12-21;1-9-8-4-2-7(6-10)3-5-8/h2-11,16,27,33H,12-15,18-19H2;1-6,11,19,22,24H,7-10,13H2;2-6H/t27-;19-;/m00./s1. The number of rotatable bonds is 11. The van der Waals surface area contributed by atoms with Gasteiger partial charge in [-0.3, -0.25) is 9.69 Å². The van der Waals surface area contributed by atoms with Crippen molar-refractivity contribution in [3.8, 4) is 12.1 Å². The summed E-state index contributed by atoms with van der Waals surface area (Å²) in [7, 11) is 0. The van der Waals surface area contributed by atoms with E-state index in [0.717, 1.165) is 85.2 Å². The zero-order chi connectivity index (χ0) is 47.5. The molecule has 3 N–H and O–H groups in total. The molecule has 6 aromatic rings. The van der Waals surface area contributed by atoms with Gasteiger partial charge in [-0.15, -0.1) is 0 Å².